The molecular formula is C12H16ClNO3S3. The van der Waals surface area contributed by atoms with Crippen LogP contribution in [0.2, 0.25) is 5.02 Å². The van der Waals surface area contributed by atoms with E-state index in [1.54, 1.807) is 11.8 Å². The standard InChI is InChI=1S/C12H16ClNO3S3/c13-12-2-1-11(5-9(12)7-15)20(16,17)14-6-10-8-18-3-4-19-10/h1-2,5,10,14-15H,3-4,6-8H2. The van der Waals surface area contributed by atoms with Gasteiger partial charge in [0.05, 0.1) is 11.5 Å². The number of sulfonamides is 1. The first kappa shape index (κ1) is 16.5. The van der Waals surface area contributed by atoms with Crippen LogP contribution < -0.4 is 4.72 Å². The SMILES string of the molecule is O=S(=O)(NCC1CSCCS1)c1ccc(Cl)c(CO)c1. The summed E-state index contributed by atoms with van der Waals surface area (Å²) in [7, 11) is -3.55. The van der Waals surface area contributed by atoms with Gasteiger partial charge < -0.3 is 5.11 Å². The van der Waals surface area contributed by atoms with Gasteiger partial charge in [-0.1, -0.05) is 11.6 Å². The molecule has 0 bridgehead atoms. The Hall–Kier alpha value is 0.0800. The van der Waals surface area contributed by atoms with Crippen LogP contribution in [0.15, 0.2) is 23.1 Å². The smallest absolute Gasteiger partial charge is 0.240 e. The molecule has 1 saturated heterocycles. The van der Waals surface area contributed by atoms with E-state index in [9.17, 15) is 8.42 Å². The molecule has 0 aliphatic carbocycles. The number of aliphatic hydroxyl groups excluding tert-OH is 1. The Morgan fingerprint density at radius 1 is 1.40 bits per heavy atom. The summed E-state index contributed by atoms with van der Waals surface area (Å²) in [5.74, 6) is 3.16. The molecular weight excluding hydrogens is 338 g/mol. The van der Waals surface area contributed by atoms with Gasteiger partial charge in [-0.05, 0) is 23.8 Å². The first-order valence-electron chi connectivity index (χ1n) is 6.11. The normalized spacial score (nSPS) is 20.0. The van der Waals surface area contributed by atoms with Crippen LogP contribution in [0, 0.1) is 0 Å². The molecule has 1 heterocycles. The summed E-state index contributed by atoms with van der Waals surface area (Å²) in [5, 5.41) is 9.82. The minimum Gasteiger partial charge on any atom is -0.392 e. The molecule has 1 aromatic rings. The quantitative estimate of drug-likeness (QED) is 0.847. The van der Waals surface area contributed by atoms with Crippen molar-refractivity contribution in [1.29, 1.82) is 0 Å². The molecule has 1 fully saturated rings. The highest BCUT2D eigenvalue weighted by molar-refractivity contribution is 8.06. The Bertz CT molecular complexity index is 559. The highest BCUT2D eigenvalue weighted by atomic mass is 35.5. The van der Waals surface area contributed by atoms with Gasteiger partial charge in [0.25, 0.3) is 0 Å². The fourth-order valence-corrected chi connectivity index (χ4v) is 5.81. The fourth-order valence-electron chi connectivity index (χ4n) is 1.78. The van der Waals surface area contributed by atoms with Gasteiger partial charge >= 0.3 is 0 Å². The molecule has 1 aliphatic rings. The lowest BCUT2D eigenvalue weighted by Gasteiger charge is -2.21. The van der Waals surface area contributed by atoms with E-state index in [0.717, 1.165) is 17.3 Å². The molecule has 2 N–H and O–H groups in total. The molecule has 1 aromatic carbocycles. The van der Waals surface area contributed by atoms with Crippen LogP contribution in [0.3, 0.4) is 0 Å². The second-order valence-corrected chi connectivity index (χ2v) is 9.06. The summed E-state index contributed by atoms with van der Waals surface area (Å²) in [4.78, 5) is 0.138. The molecule has 0 amide bonds. The molecule has 112 valence electrons. The van der Waals surface area contributed by atoms with Crippen LogP contribution in [-0.2, 0) is 16.6 Å². The van der Waals surface area contributed by atoms with Crippen LogP contribution in [0.1, 0.15) is 5.56 Å². The Kier molecular flexibility index (Phi) is 6.07. The maximum atomic E-state index is 12.2. The third-order valence-corrected chi connectivity index (χ3v) is 7.52. The van der Waals surface area contributed by atoms with Crippen molar-refractivity contribution in [2.24, 2.45) is 0 Å². The Morgan fingerprint density at radius 3 is 2.85 bits per heavy atom. The van der Waals surface area contributed by atoms with E-state index in [-0.39, 0.29) is 11.5 Å². The average Bonchev–Trinajstić information content (AvgIpc) is 2.46. The highest BCUT2D eigenvalue weighted by Crippen LogP contribution is 2.24. The van der Waals surface area contributed by atoms with E-state index in [4.69, 9.17) is 16.7 Å². The lowest BCUT2D eigenvalue weighted by atomic mass is 10.2. The second kappa shape index (κ2) is 7.38. The molecule has 8 heteroatoms. The van der Waals surface area contributed by atoms with Crippen LogP contribution in [-0.4, -0.2) is 42.6 Å². The molecule has 20 heavy (non-hydrogen) atoms. The van der Waals surface area contributed by atoms with E-state index in [0.29, 0.717) is 22.4 Å². The van der Waals surface area contributed by atoms with Crippen LogP contribution >= 0.6 is 35.1 Å². The first-order chi connectivity index (χ1) is 9.53. The van der Waals surface area contributed by atoms with Crippen LogP contribution in [0.25, 0.3) is 0 Å². The maximum Gasteiger partial charge on any atom is 0.240 e. The summed E-state index contributed by atoms with van der Waals surface area (Å²) < 4.78 is 27.0. The minimum atomic E-state index is -3.55. The summed E-state index contributed by atoms with van der Waals surface area (Å²) in [6.45, 7) is 0.147. The number of nitrogens with one attached hydrogen (secondary N) is 1. The molecule has 0 radical (unpaired) electrons. The zero-order valence-electron chi connectivity index (χ0n) is 10.7. The highest BCUT2D eigenvalue weighted by Gasteiger charge is 2.20. The van der Waals surface area contributed by atoms with Crippen molar-refractivity contribution in [2.45, 2.75) is 16.8 Å². The molecule has 1 atom stereocenters. The molecule has 0 aromatic heterocycles. The van der Waals surface area contributed by atoms with Crippen molar-refractivity contribution in [3.8, 4) is 0 Å². The first-order valence-corrected chi connectivity index (χ1v) is 10.2. The van der Waals surface area contributed by atoms with E-state index < -0.39 is 10.0 Å². The molecule has 4 nitrogen and oxygen atoms in total. The number of hydrogen-bond acceptors (Lipinski definition) is 5. The van der Waals surface area contributed by atoms with Gasteiger partial charge in [-0.3, -0.25) is 0 Å². The van der Waals surface area contributed by atoms with Gasteiger partial charge in [0.15, 0.2) is 0 Å². The monoisotopic (exact) mass is 353 g/mol. The number of hydrogen-bond donors (Lipinski definition) is 2. The second-order valence-electron chi connectivity index (χ2n) is 4.33. The van der Waals surface area contributed by atoms with Crippen molar-refractivity contribution in [3.05, 3.63) is 28.8 Å². The maximum absolute atomic E-state index is 12.2. The van der Waals surface area contributed by atoms with Crippen molar-refractivity contribution in [1.82, 2.24) is 4.72 Å². The van der Waals surface area contributed by atoms with Gasteiger partial charge in [-0.25, -0.2) is 13.1 Å². The van der Waals surface area contributed by atoms with Gasteiger partial charge in [0.2, 0.25) is 10.0 Å². The van der Waals surface area contributed by atoms with Gasteiger partial charge in [0.1, 0.15) is 0 Å². The third kappa shape index (κ3) is 4.29. The molecule has 0 saturated carbocycles. The fraction of sp³-hybridized carbons (Fsp3) is 0.500. The van der Waals surface area contributed by atoms with Crippen LogP contribution in [0.4, 0.5) is 0 Å². The minimum absolute atomic E-state index is 0.138. The number of halogens is 1. The average molecular weight is 354 g/mol. The molecule has 1 unspecified atom stereocenters. The van der Waals surface area contributed by atoms with Crippen molar-refractivity contribution >= 4 is 45.1 Å². The number of rotatable bonds is 5. The zero-order chi connectivity index (χ0) is 14.6. The molecule has 0 spiro atoms. The van der Waals surface area contributed by atoms with Gasteiger partial charge in [-0.15, -0.1) is 0 Å². The van der Waals surface area contributed by atoms with E-state index in [2.05, 4.69) is 4.72 Å². The van der Waals surface area contributed by atoms with E-state index in [1.807, 2.05) is 11.8 Å². The number of aliphatic hydroxyl groups is 1. The number of benzene rings is 1. The zero-order valence-corrected chi connectivity index (χ0v) is 13.9. The largest absolute Gasteiger partial charge is 0.392 e. The van der Waals surface area contributed by atoms with Crippen LogP contribution in [0.5, 0.6) is 0 Å². The topological polar surface area (TPSA) is 66.4 Å². The van der Waals surface area contributed by atoms with Gasteiger partial charge in [0, 0.05) is 34.1 Å². The van der Waals surface area contributed by atoms with Gasteiger partial charge in [-0.2, -0.15) is 23.5 Å². The summed E-state index contributed by atoms with van der Waals surface area (Å²) in [5.41, 5.74) is 0.414. The summed E-state index contributed by atoms with van der Waals surface area (Å²) >= 11 is 9.52. The third-order valence-electron chi connectivity index (χ3n) is 2.88. The predicted octanol–water partition coefficient (Wildman–Crippen LogP) is 1.96. The Balaban J connectivity index is 2.05. The van der Waals surface area contributed by atoms with Crippen molar-refractivity contribution < 1.29 is 13.5 Å². The Labute approximate surface area is 132 Å². The lowest BCUT2D eigenvalue weighted by molar-refractivity contribution is 0.281. The summed E-state index contributed by atoms with van der Waals surface area (Å²) in [6.07, 6.45) is 0. The number of thioether (sulfide) groups is 2. The molecule has 2 rings (SSSR count). The predicted molar refractivity (Wildman–Crippen MR) is 86.1 cm³/mol. The van der Waals surface area contributed by atoms with E-state index >= 15 is 0 Å². The Morgan fingerprint density at radius 2 is 2.20 bits per heavy atom. The lowest BCUT2D eigenvalue weighted by Crippen LogP contribution is -2.33. The van der Waals surface area contributed by atoms with Crippen molar-refractivity contribution in [3.63, 3.8) is 0 Å². The summed E-state index contributed by atoms with van der Waals surface area (Å²) in [6, 6.07) is 4.35. The molecule has 1 aliphatic heterocycles. The van der Waals surface area contributed by atoms with E-state index in [1.165, 1.54) is 18.2 Å². The van der Waals surface area contributed by atoms with Crippen molar-refractivity contribution in [2.75, 3.05) is 23.8 Å².